The number of benzene rings is 1. The van der Waals surface area contributed by atoms with Crippen LogP contribution >= 0.6 is 0 Å². The lowest BCUT2D eigenvalue weighted by atomic mass is 10.0. The van der Waals surface area contributed by atoms with Gasteiger partial charge in [0.2, 0.25) is 6.10 Å². The molecule has 0 amide bonds. The first-order chi connectivity index (χ1) is 8.56. The first-order valence-corrected chi connectivity index (χ1v) is 5.58. The molecule has 0 unspecified atom stereocenters. The zero-order chi connectivity index (χ0) is 13.5. The third-order valence-corrected chi connectivity index (χ3v) is 2.45. The molecule has 0 spiro atoms. The van der Waals surface area contributed by atoms with Crippen LogP contribution in [0.25, 0.3) is 0 Å². The molecule has 0 fully saturated rings. The van der Waals surface area contributed by atoms with Crippen molar-refractivity contribution in [3.05, 3.63) is 46.0 Å². The number of carbonyl (C=O) groups excluding carboxylic acids is 1. The topological polar surface area (TPSA) is 89.7 Å². The normalized spacial score (nSPS) is 13.7. The highest BCUT2D eigenvalue weighted by Crippen LogP contribution is 2.10. The summed E-state index contributed by atoms with van der Waals surface area (Å²) in [6.07, 6.45) is -1.77. The summed E-state index contributed by atoms with van der Waals surface area (Å²) in [6.45, 7) is 1.65. The van der Waals surface area contributed by atoms with Gasteiger partial charge in [-0.1, -0.05) is 30.3 Å². The van der Waals surface area contributed by atoms with Gasteiger partial charge in [0, 0.05) is 11.3 Å². The highest BCUT2D eigenvalue weighted by atomic mass is 16.6. The molecule has 0 bridgehead atoms. The van der Waals surface area contributed by atoms with Gasteiger partial charge in [0.15, 0.2) is 0 Å². The lowest BCUT2D eigenvalue weighted by molar-refractivity contribution is -0.531. The summed E-state index contributed by atoms with van der Waals surface area (Å²) in [5, 5.41) is 20.5. The quantitative estimate of drug-likeness (QED) is 0.460. The van der Waals surface area contributed by atoms with Crippen molar-refractivity contribution in [2.24, 2.45) is 0 Å². The monoisotopic (exact) mass is 253 g/mol. The molecule has 0 saturated heterocycles. The second kappa shape index (κ2) is 6.70. The fourth-order valence-corrected chi connectivity index (χ4v) is 1.54. The lowest BCUT2D eigenvalue weighted by Crippen LogP contribution is -2.42. The summed E-state index contributed by atoms with van der Waals surface area (Å²) in [4.78, 5) is 21.5. The molecule has 0 saturated carbocycles. The first kappa shape index (κ1) is 14.1. The number of nitrogens with zero attached hydrogens (tertiary/aromatic N) is 1. The van der Waals surface area contributed by atoms with E-state index >= 15 is 0 Å². The average Bonchev–Trinajstić information content (AvgIpc) is 2.36. The van der Waals surface area contributed by atoms with Crippen LogP contribution < -0.4 is 0 Å². The van der Waals surface area contributed by atoms with E-state index in [-0.39, 0.29) is 13.0 Å². The summed E-state index contributed by atoms with van der Waals surface area (Å²) in [5.41, 5.74) is 0.683. The van der Waals surface area contributed by atoms with E-state index in [4.69, 9.17) is 0 Å². The summed E-state index contributed by atoms with van der Waals surface area (Å²) in [5.74, 6) is -0.963. The molecule has 1 aromatic rings. The van der Waals surface area contributed by atoms with E-state index in [0.29, 0.717) is 5.56 Å². The smallest absolute Gasteiger partial charge is 0.342 e. The molecule has 0 aliphatic carbocycles. The Hall–Kier alpha value is -1.95. The van der Waals surface area contributed by atoms with E-state index in [1.54, 1.807) is 37.3 Å². The Labute approximate surface area is 104 Å². The van der Waals surface area contributed by atoms with Crippen molar-refractivity contribution in [1.82, 2.24) is 0 Å². The van der Waals surface area contributed by atoms with E-state index < -0.39 is 23.0 Å². The van der Waals surface area contributed by atoms with Crippen LogP contribution in [0, 0.1) is 10.1 Å². The molecular formula is C12H15NO5. The molecule has 6 nitrogen and oxygen atoms in total. The molecule has 1 N–H and O–H groups in total. The molecule has 18 heavy (non-hydrogen) atoms. The molecule has 1 aromatic carbocycles. The molecule has 0 aliphatic rings. The molecular weight excluding hydrogens is 238 g/mol. The summed E-state index contributed by atoms with van der Waals surface area (Å²) >= 11 is 0. The second-order valence-corrected chi connectivity index (χ2v) is 3.74. The van der Waals surface area contributed by atoms with Crippen LogP contribution in [0.2, 0.25) is 0 Å². The number of ether oxygens (including phenoxy) is 1. The van der Waals surface area contributed by atoms with Crippen LogP contribution in [-0.2, 0) is 16.0 Å². The largest absolute Gasteiger partial charge is 0.464 e. The van der Waals surface area contributed by atoms with Gasteiger partial charge in [0.25, 0.3) is 6.04 Å². The zero-order valence-electron chi connectivity index (χ0n) is 9.98. The highest BCUT2D eigenvalue weighted by molar-refractivity contribution is 5.75. The second-order valence-electron chi connectivity index (χ2n) is 3.74. The van der Waals surface area contributed by atoms with Crippen molar-refractivity contribution in [3.63, 3.8) is 0 Å². The van der Waals surface area contributed by atoms with E-state index in [1.165, 1.54) is 0 Å². The molecule has 0 heterocycles. The predicted molar refractivity (Wildman–Crippen MR) is 63.6 cm³/mol. The Morgan fingerprint density at radius 2 is 2.06 bits per heavy atom. The maximum absolute atomic E-state index is 11.3. The number of rotatable bonds is 6. The number of esters is 1. The minimum absolute atomic E-state index is 0.0200. The number of hydrogen-bond acceptors (Lipinski definition) is 5. The number of aliphatic hydroxyl groups is 1. The number of aliphatic hydroxyl groups excluding tert-OH is 1. The van der Waals surface area contributed by atoms with Crippen LogP contribution in [0.5, 0.6) is 0 Å². The Kier molecular flexibility index (Phi) is 5.26. The number of carbonyl (C=O) groups is 1. The Morgan fingerprint density at radius 1 is 1.44 bits per heavy atom. The van der Waals surface area contributed by atoms with E-state index in [0.717, 1.165) is 0 Å². The highest BCUT2D eigenvalue weighted by Gasteiger charge is 2.36. The standard InChI is InChI=1S/C12H15NO5/c1-2-18-12(15)11(14)10(13(16)17)8-9-6-4-3-5-7-9/h3-7,10-11,14H,2,8H2,1H3/t10-,11-/m0/s1. The lowest BCUT2D eigenvalue weighted by Gasteiger charge is -2.14. The van der Waals surface area contributed by atoms with Gasteiger partial charge in [-0.05, 0) is 12.5 Å². The minimum Gasteiger partial charge on any atom is -0.464 e. The van der Waals surface area contributed by atoms with Gasteiger partial charge < -0.3 is 9.84 Å². The summed E-state index contributed by atoms with van der Waals surface area (Å²) < 4.78 is 4.58. The van der Waals surface area contributed by atoms with Crippen LogP contribution in [0.15, 0.2) is 30.3 Å². The molecule has 98 valence electrons. The Balaban J connectivity index is 2.77. The maximum Gasteiger partial charge on any atom is 0.342 e. The molecule has 1 rings (SSSR count). The zero-order valence-corrected chi connectivity index (χ0v) is 9.98. The van der Waals surface area contributed by atoms with Crippen LogP contribution in [-0.4, -0.2) is 34.8 Å². The van der Waals surface area contributed by atoms with Crippen molar-refractivity contribution in [2.45, 2.75) is 25.5 Å². The fourth-order valence-electron chi connectivity index (χ4n) is 1.54. The van der Waals surface area contributed by atoms with E-state index in [2.05, 4.69) is 4.74 Å². The summed E-state index contributed by atoms with van der Waals surface area (Å²) in [7, 11) is 0. The molecule has 0 aliphatic heterocycles. The van der Waals surface area contributed by atoms with Crippen molar-refractivity contribution in [3.8, 4) is 0 Å². The van der Waals surface area contributed by atoms with Gasteiger partial charge in [-0.3, -0.25) is 10.1 Å². The van der Waals surface area contributed by atoms with Gasteiger partial charge in [-0.2, -0.15) is 0 Å². The summed E-state index contributed by atoms with van der Waals surface area (Å²) in [6, 6.07) is 7.27. The van der Waals surface area contributed by atoms with Crippen molar-refractivity contribution < 1.29 is 19.6 Å². The van der Waals surface area contributed by atoms with Crippen LogP contribution in [0.3, 0.4) is 0 Å². The molecule has 6 heteroatoms. The van der Waals surface area contributed by atoms with Gasteiger partial charge >= 0.3 is 5.97 Å². The predicted octanol–water partition coefficient (Wildman–Crippen LogP) is 0.798. The van der Waals surface area contributed by atoms with Gasteiger partial charge in [0.05, 0.1) is 6.61 Å². The van der Waals surface area contributed by atoms with E-state index in [1.807, 2.05) is 0 Å². The van der Waals surface area contributed by atoms with Crippen molar-refractivity contribution in [1.29, 1.82) is 0 Å². The number of nitro groups is 1. The SMILES string of the molecule is CCOC(=O)[C@@H](O)[C@H](Cc1ccccc1)[N+](=O)[O-]. The Morgan fingerprint density at radius 3 is 2.56 bits per heavy atom. The van der Waals surface area contributed by atoms with Crippen LogP contribution in [0.4, 0.5) is 0 Å². The first-order valence-electron chi connectivity index (χ1n) is 5.58. The Bertz CT molecular complexity index is 406. The maximum atomic E-state index is 11.3. The van der Waals surface area contributed by atoms with Gasteiger partial charge in [-0.25, -0.2) is 4.79 Å². The number of hydrogen-bond donors (Lipinski definition) is 1. The molecule has 0 radical (unpaired) electrons. The third-order valence-electron chi connectivity index (χ3n) is 2.45. The van der Waals surface area contributed by atoms with Gasteiger partial charge in [0.1, 0.15) is 0 Å². The minimum atomic E-state index is -1.75. The molecule has 0 aromatic heterocycles. The van der Waals surface area contributed by atoms with Crippen molar-refractivity contribution in [2.75, 3.05) is 6.61 Å². The average molecular weight is 253 g/mol. The third kappa shape index (κ3) is 3.81. The van der Waals surface area contributed by atoms with Gasteiger partial charge in [-0.15, -0.1) is 0 Å². The fraction of sp³-hybridized carbons (Fsp3) is 0.417. The van der Waals surface area contributed by atoms with E-state index in [9.17, 15) is 20.0 Å². The molecule has 2 atom stereocenters. The van der Waals surface area contributed by atoms with Crippen molar-refractivity contribution >= 4 is 5.97 Å². The van der Waals surface area contributed by atoms with Crippen LogP contribution in [0.1, 0.15) is 12.5 Å².